The number of phenols is 1. The van der Waals surface area contributed by atoms with E-state index in [2.05, 4.69) is 42.5 Å². The van der Waals surface area contributed by atoms with Crippen molar-refractivity contribution in [3.8, 4) is 28.0 Å². The maximum absolute atomic E-state index is 10.0. The number of aliphatic hydroxyl groups excluding tert-OH is 1. The van der Waals surface area contributed by atoms with Crippen LogP contribution in [0.2, 0.25) is 0 Å². The minimum absolute atomic E-state index is 0.157. The second-order valence-corrected chi connectivity index (χ2v) is 6.12. The highest BCUT2D eigenvalue weighted by Gasteiger charge is 2.21. The number of benzene rings is 3. The van der Waals surface area contributed by atoms with Gasteiger partial charge in [0.25, 0.3) is 0 Å². The Balaban J connectivity index is 1.92. The summed E-state index contributed by atoms with van der Waals surface area (Å²) < 4.78 is 0. The minimum atomic E-state index is -0.157. The summed E-state index contributed by atoms with van der Waals surface area (Å²) in [6, 6.07) is 18.8. The van der Waals surface area contributed by atoms with E-state index in [9.17, 15) is 10.2 Å². The van der Waals surface area contributed by atoms with Gasteiger partial charge in [-0.3, -0.25) is 0 Å². The Kier molecular flexibility index (Phi) is 3.21. The Morgan fingerprint density at radius 2 is 1.65 bits per heavy atom. The first-order chi connectivity index (χ1) is 11.2. The van der Waals surface area contributed by atoms with Crippen LogP contribution in [0.4, 0.5) is 0 Å². The van der Waals surface area contributed by atoms with E-state index in [1.807, 2.05) is 19.1 Å². The predicted molar refractivity (Wildman–Crippen MR) is 92.4 cm³/mol. The summed E-state index contributed by atoms with van der Waals surface area (Å²) >= 11 is 0. The molecule has 0 atom stereocenters. The third-order valence-corrected chi connectivity index (χ3v) is 4.71. The molecule has 23 heavy (non-hydrogen) atoms. The lowest BCUT2D eigenvalue weighted by atomic mass is 9.93. The van der Waals surface area contributed by atoms with Gasteiger partial charge in [-0.25, -0.2) is 0 Å². The van der Waals surface area contributed by atoms with Crippen LogP contribution in [0.15, 0.2) is 54.6 Å². The Morgan fingerprint density at radius 3 is 2.48 bits per heavy atom. The van der Waals surface area contributed by atoms with Crippen LogP contribution >= 0.6 is 0 Å². The fraction of sp³-hybridized carbons (Fsp3) is 0.143. The molecule has 114 valence electrons. The van der Waals surface area contributed by atoms with Crippen LogP contribution in [-0.2, 0) is 13.0 Å². The lowest BCUT2D eigenvalue weighted by Crippen LogP contribution is -1.93. The molecular formula is C21H18O2. The lowest BCUT2D eigenvalue weighted by molar-refractivity contribution is 0.275. The van der Waals surface area contributed by atoms with Gasteiger partial charge in [0.05, 0.1) is 6.61 Å². The van der Waals surface area contributed by atoms with E-state index >= 15 is 0 Å². The van der Waals surface area contributed by atoms with Gasteiger partial charge >= 0.3 is 0 Å². The van der Waals surface area contributed by atoms with E-state index in [1.54, 1.807) is 0 Å². The monoisotopic (exact) mass is 302 g/mol. The lowest BCUT2D eigenvalue weighted by Gasteiger charge is -2.13. The summed E-state index contributed by atoms with van der Waals surface area (Å²) in [6.45, 7) is 1.71. The van der Waals surface area contributed by atoms with Gasteiger partial charge in [0.2, 0.25) is 0 Å². The highest BCUT2D eigenvalue weighted by Crippen LogP contribution is 2.42. The molecule has 2 nitrogen and oxygen atoms in total. The highest BCUT2D eigenvalue weighted by molar-refractivity contribution is 5.85. The summed E-state index contributed by atoms with van der Waals surface area (Å²) in [6.07, 6.45) is 0.927. The number of hydrogen-bond donors (Lipinski definition) is 2. The summed E-state index contributed by atoms with van der Waals surface area (Å²) in [4.78, 5) is 0. The van der Waals surface area contributed by atoms with Gasteiger partial charge in [-0.05, 0) is 64.4 Å². The van der Waals surface area contributed by atoms with Gasteiger partial charge in [0, 0.05) is 5.56 Å². The first kappa shape index (κ1) is 14.0. The van der Waals surface area contributed by atoms with Gasteiger partial charge in [-0.1, -0.05) is 42.5 Å². The van der Waals surface area contributed by atoms with Gasteiger partial charge in [-0.2, -0.15) is 0 Å². The predicted octanol–water partition coefficient (Wildman–Crippen LogP) is 4.43. The Bertz CT molecular complexity index is 910. The van der Waals surface area contributed by atoms with Gasteiger partial charge in [0.1, 0.15) is 5.75 Å². The van der Waals surface area contributed by atoms with Crippen LogP contribution in [0.1, 0.15) is 22.3 Å². The Morgan fingerprint density at radius 1 is 0.913 bits per heavy atom. The molecule has 0 saturated carbocycles. The standard InChI is InChI=1S/C21H18O2/c1-13-9-15(10-16(12-22)21(13)23)18-7-4-8-19-17-6-3-2-5-14(17)11-20(18)19/h2-10,22-23H,11-12H2,1H3. The number of fused-ring (bicyclic) bond motifs is 3. The van der Waals surface area contributed by atoms with Crippen molar-refractivity contribution in [1.29, 1.82) is 0 Å². The average Bonchev–Trinajstić information content (AvgIpc) is 2.96. The molecule has 0 radical (unpaired) electrons. The molecule has 3 aromatic carbocycles. The molecule has 0 aliphatic heterocycles. The molecule has 1 aliphatic rings. The summed E-state index contributed by atoms with van der Waals surface area (Å²) in [5.41, 5.74) is 8.87. The van der Waals surface area contributed by atoms with Crippen LogP contribution in [0, 0.1) is 6.92 Å². The number of hydrogen-bond acceptors (Lipinski definition) is 2. The van der Waals surface area contributed by atoms with Crippen molar-refractivity contribution < 1.29 is 10.2 Å². The van der Waals surface area contributed by atoms with Crippen LogP contribution in [0.3, 0.4) is 0 Å². The third-order valence-electron chi connectivity index (χ3n) is 4.71. The molecule has 0 spiro atoms. The molecule has 0 amide bonds. The molecule has 0 unspecified atom stereocenters. The molecule has 4 rings (SSSR count). The summed E-state index contributed by atoms with van der Waals surface area (Å²) in [5.74, 6) is 0.187. The smallest absolute Gasteiger partial charge is 0.124 e. The van der Waals surface area contributed by atoms with Crippen molar-refractivity contribution in [2.45, 2.75) is 20.0 Å². The van der Waals surface area contributed by atoms with Gasteiger partial charge in [0.15, 0.2) is 0 Å². The molecule has 2 N–H and O–H groups in total. The number of aryl methyl sites for hydroxylation is 1. The van der Waals surface area contributed by atoms with Crippen molar-refractivity contribution in [3.05, 3.63) is 76.9 Å². The van der Waals surface area contributed by atoms with E-state index in [-0.39, 0.29) is 12.4 Å². The first-order valence-corrected chi connectivity index (χ1v) is 7.83. The summed E-state index contributed by atoms with van der Waals surface area (Å²) in [5, 5.41) is 19.5. The third kappa shape index (κ3) is 2.14. The van der Waals surface area contributed by atoms with Crippen molar-refractivity contribution in [2.75, 3.05) is 0 Å². The van der Waals surface area contributed by atoms with Crippen molar-refractivity contribution in [3.63, 3.8) is 0 Å². The molecular weight excluding hydrogens is 284 g/mol. The molecule has 0 bridgehead atoms. The normalized spacial score (nSPS) is 12.1. The van der Waals surface area contributed by atoms with Gasteiger partial charge in [-0.15, -0.1) is 0 Å². The fourth-order valence-corrected chi connectivity index (χ4v) is 3.56. The molecule has 0 heterocycles. The van der Waals surface area contributed by atoms with Crippen LogP contribution in [-0.4, -0.2) is 10.2 Å². The topological polar surface area (TPSA) is 40.5 Å². The van der Waals surface area contributed by atoms with Crippen molar-refractivity contribution in [1.82, 2.24) is 0 Å². The number of aromatic hydroxyl groups is 1. The first-order valence-electron chi connectivity index (χ1n) is 7.83. The maximum Gasteiger partial charge on any atom is 0.124 e. The zero-order chi connectivity index (χ0) is 16.0. The average molecular weight is 302 g/mol. The Hall–Kier alpha value is -2.58. The quantitative estimate of drug-likeness (QED) is 0.575. The molecule has 1 aliphatic carbocycles. The molecule has 2 heteroatoms. The second kappa shape index (κ2) is 5.25. The zero-order valence-corrected chi connectivity index (χ0v) is 13.0. The summed E-state index contributed by atoms with van der Waals surface area (Å²) in [7, 11) is 0. The second-order valence-electron chi connectivity index (χ2n) is 6.12. The number of aliphatic hydroxyl groups is 1. The number of rotatable bonds is 2. The van der Waals surface area contributed by atoms with E-state index in [0.29, 0.717) is 5.56 Å². The van der Waals surface area contributed by atoms with Crippen LogP contribution in [0.5, 0.6) is 5.75 Å². The van der Waals surface area contributed by atoms with E-state index in [4.69, 9.17) is 0 Å². The van der Waals surface area contributed by atoms with E-state index in [0.717, 1.165) is 17.5 Å². The van der Waals surface area contributed by atoms with E-state index in [1.165, 1.54) is 27.8 Å². The highest BCUT2D eigenvalue weighted by atomic mass is 16.3. The molecule has 0 aromatic heterocycles. The van der Waals surface area contributed by atoms with Crippen LogP contribution < -0.4 is 0 Å². The minimum Gasteiger partial charge on any atom is -0.507 e. The molecule has 3 aromatic rings. The van der Waals surface area contributed by atoms with Gasteiger partial charge < -0.3 is 10.2 Å². The maximum atomic E-state index is 10.0. The molecule has 0 saturated heterocycles. The van der Waals surface area contributed by atoms with E-state index < -0.39 is 0 Å². The molecule has 0 fully saturated rings. The zero-order valence-electron chi connectivity index (χ0n) is 13.0. The van der Waals surface area contributed by atoms with Crippen molar-refractivity contribution >= 4 is 0 Å². The van der Waals surface area contributed by atoms with Crippen LogP contribution in [0.25, 0.3) is 22.3 Å². The Labute approximate surface area is 135 Å². The largest absolute Gasteiger partial charge is 0.507 e. The van der Waals surface area contributed by atoms with Crippen molar-refractivity contribution in [2.24, 2.45) is 0 Å². The SMILES string of the molecule is Cc1cc(-c2cccc3c2Cc2ccccc2-3)cc(CO)c1O. The fourth-order valence-electron chi connectivity index (χ4n) is 3.56.